The number of benzene rings is 2. The number of fused-ring (bicyclic) bond motifs is 2. The Morgan fingerprint density at radius 2 is 2.07 bits per heavy atom. The molecule has 0 saturated carbocycles. The summed E-state index contributed by atoms with van der Waals surface area (Å²) in [6, 6.07) is 9.84. The molecule has 0 bridgehead atoms. The summed E-state index contributed by atoms with van der Waals surface area (Å²) in [6.07, 6.45) is 0.646. The predicted octanol–water partition coefficient (Wildman–Crippen LogP) is 3.30. The van der Waals surface area contributed by atoms with Gasteiger partial charge in [0, 0.05) is 53.3 Å². The van der Waals surface area contributed by atoms with Gasteiger partial charge in [0.1, 0.15) is 5.82 Å². The van der Waals surface area contributed by atoms with Crippen LogP contribution in [0.15, 0.2) is 41.2 Å². The second kappa shape index (κ2) is 7.97. The van der Waals surface area contributed by atoms with Gasteiger partial charge in [-0.05, 0) is 30.7 Å². The van der Waals surface area contributed by atoms with Crippen LogP contribution in [0.25, 0.3) is 10.9 Å². The first kappa shape index (κ1) is 19.6. The zero-order valence-electron chi connectivity index (χ0n) is 16.0. The number of hydrogen-bond acceptors (Lipinski definition) is 3. The van der Waals surface area contributed by atoms with E-state index in [9.17, 15) is 14.0 Å². The average molecular weight is 414 g/mol. The highest BCUT2D eigenvalue weighted by molar-refractivity contribution is 6.32. The summed E-state index contributed by atoms with van der Waals surface area (Å²) >= 11 is 6.19. The SMILES string of the molecule is Cc1c(Cl)ccc2c(=O)c3c([nH]c12)CCN(CC(=O)NCc1ccccc1F)C3. The number of amides is 1. The number of nitrogens with zero attached hydrogens (tertiary/aromatic N) is 1. The third kappa shape index (κ3) is 3.91. The van der Waals surface area contributed by atoms with Gasteiger partial charge in [0.25, 0.3) is 0 Å². The maximum Gasteiger partial charge on any atom is 0.234 e. The van der Waals surface area contributed by atoms with E-state index in [4.69, 9.17) is 11.6 Å². The number of halogens is 2. The van der Waals surface area contributed by atoms with Crippen molar-refractivity contribution < 1.29 is 9.18 Å². The second-order valence-electron chi connectivity index (χ2n) is 7.33. The molecule has 150 valence electrons. The Morgan fingerprint density at radius 1 is 1.28 bits per heavy atom. The number of carbonyl (C=O) groups excluding carboxylic acids is 1. The first-order valence-corrected chi connectivity index (χ1v) is 9.87. The van der Waals surface area contributed by atoms with Crippen LogP contribution in [0.1, 0.15) is 22.4 Å². The van der Waals surface area contributed by atoms with Gasteiger partial charge in [-0.15, -0.1) is 0 Å². The van der Waals surface area contributed by atoms with E-state index in [-0.39, 0.29) is 30.2 Å². The molecule has 0 atom stereocenters. The van der Waals surface area contributed by atoms with Gasteiger partial charge in [-0.3, -0.25) is 14.5 Å². The van der Waals surface area contributed by atoms with Crippen LogP contribution in [0.5, 0.6) is 0 Å². The van der Waals surface area contributed by atoms with Gasteiger partial charge in [0.05, 0.1) is 12.1 Å². The molecule has 5 nitrogen and oxygen atoms in total. The maximum atomic E-state index is 13.7. The van der Waals surface area contributed by atoms with Crippen molar-refractivity contribution in [1.29, 1.82) is 0 Å². The molecule has 2 heterocycles. The smallest absolute Gasteiger partial charge is 0.234 e. The fourth-order valence-corrected chi connectivity index (χ4v) is 3.90. The van der Waals surface area contributed by atoms with Crippen molar-refractivity contribution in [2.24, 2.45) is 0 Å². The molecule has 3 aromatic rings. The zero-order valence-corrected chi connectivity index (χ0v) is 16.8. The van der Waals surface area contributed by atoms with Crippen LogP contribution in [0.3, 0.4) is 0 Å². The van der Waals surface area contributed by atoms with Crippen LogP contribution in [-0.2, 0) is 24.3 Å². The van der Waals surface area contributed by atoms with Crippen LogP contribution in [0.2, 0.25) is 5.02 Å². The molecule has 2 N–H and O–H groups in total. The molecule has 0 spiro atoms. The van der Waals surface area contributed by atoms with Gasteiger partial charge >= 0.3 is 0 Å². The van der Waals surface area contributed by atoms with Crippen LogP contribution in [-0.4, -0.2) is 28.9 Å². The van der Waals surface area contributed by atoms with E-state index in [1.807, 2.05) is 11.8 Å². The van der Waals surface area contributed by atoms with E-state index in [0.717, 1.165) is 16.8 Å². The minimum absolute atomic E-state index is 0.0232. The summed E-state index contributed by atoms with van der Waals surface area (Å²) in [5.41, 5.74) is 3.64. The molecule has 2 aromatic carbocycles. The van der Waals surface area contributed by atoms with Gasteiger partial charge < -0.3 is 10.3 Å². The van der Waals surface area contributed by atoms with E-state index in [0.29, 0.717) is 41.0 Å². The Labute approximate surface area is 172 Å². The first-order valence-electron chi connectivity index (χ1n) is 9.49. The van der Waals surface area contributed by atoms with Crippen molar-refractivity contribution in [3.05, 3.63) is 79.8 Å². The van der Waals surface area contributed by atoms with E-state index in [1.165, 1.54) is 6.07 Å². The number of aryl methyl sites for hydroxylation is 1. The Balaban J connectivity index is 1.48. The molecule has 1 aliphatic heterocycles. The number of nitrogens with one attached hydrogen (secondary N) is 2. The van der Waals surface area contributed by atoms with Crippen LogP contribution in [0, 0.1) is 12.7 Å². The summed E-state index contributed by atoms with van der Waals surface area (Å²) in [7, 11) is 0. The molecule has 29 heavy (non-hydrogen) atoms. The molecule has 1 aliphatic rings. The van der Waals surface area contributed by atoms with Crippen LogP contribution < -0.4 is 10.7 Å². The van der Waals surface area contributed by atoms with E-state index >= 15 is 0 Å². The third-order valence-electron chi connectivity index (χ3n) is 5.42. The Bertz CT molecular complexity index is 1160. The molecule has 1 amide bonds. The molecule has 0 saturated heterocycles. The summed E-state index contributed by atoms with van der Waals surface area (Å²) < 4.78 is 13.7. The van der Waals surface area contributed by atoms with Gasteiger partial charge in [-0.1, -0.05) is 29.8 Å². The van der Waals surface area contributed by atoms with E-state index in [2.05, 4.69) is 10.3 Å². The summed E-state index contributed by atoms with van der Waals surface area (Å²) in [5.74, 6) is -0.537. The number of carbonyl (C=O) groups is 1. The monoisotopic (exact) mass is 413 g/mol. The lowest BCUT2D eigenvalue weighted by Gasteiger charge is -2.28. The van der Waals surface area contributed by atoms with Crippen molar-refractivity contribution in [2.75, 3.05) is 13.1 Å². The highest BCUT2D eigenvalue weighted by atomic mass is 35.5. The lowest BCUT2D eigenvalue weighted by molar-refractivity contribution is -0.122. The maximum absolute atomic E-state index is 13.7. The summed E-state index contributed by atoms with van der Waals surface area (Å²) in [6.45, 7) is 3.24. The van der Waals surface area contributed by atoms with Gasteiger partial charge in [-0.25, -0.2) is 4.39 Å². The standard InChI is InChI=1S/C22H21ClFN3O2/c1-13-17(23)7-6-15-21(13)26-19-8-9-27(11-16(19)22(15)29)12-20(28)25-10-14-4-2-3-5-18(14)24/h2-7H,8-12H2,1H3,(H,25,28)(H,26,29). The largest absolute Gasteiger partial charge is 0.358 e. The molecule has 1 aromatic heterocycles. The Kier molecular flexibility index (Phi) is 5.39. The topological polar surface area (TPSA) is 65.2 Å². The normalized spacial score (nSPS) is 14.0. The fraction of sp³-hybridized carbons (Fsp3) is 0.273. The van der Waals surface area contributed by atoms with Gasteiger partial charge in [-0.2, -0.15) is 0 Å². The molecular formula is C22H21ClFN3O2. The average Bonchev–Trinajstić information content (AvgIpc) is 2.71. The van der Waals surface area contributed by atoms with Crippen molar-refractivity contribution >= 4 is 28.4 Å². The summed E-state index contributed by atoms with van der Waals surface area (Å²) in [5, 5.41) is 3.98. The molecule has 0 unspecified atom stereocenters. The van der Waals surface area contributed by atoms with Crippen molar-refractivity contribution in [3.63, 3.8) is 0 Å². The van der Waals surface area contributed by atoms with Crippen molar-refractivity contribution in [2.45, 2.75) is 26.4 Å². The number of H-pyrrole nitrogens is 1. The number of aromatic nitrogens is 1. The minimum atomic E-state index is -0.339. The molecular weight excluding hydrogens is 393 g/mol. The first-order chi connectivity index (χ1) is 13.9. The van der Waals surface area contributed by atoms with Gasteiger partial charge in [0.2, 0.25) is 5.91 Å². The minimum Gasteiger partial charge on any atom is -0.358 e. The lowest BCUT2D eigenvalue weighted by Crippen LogP contribution is -2.41. The van der Waals surface area contributed by atoms with Crippen LogP contribution >= 0.6 is 11.6 Å². The highest BCUT2D eigenvalue weighted by Gasteiger charge is 2.23. The molecule has 0 aliphatic carbocycles. The van der Waals surface area contributed by atoms with E-state index in [1.54, 1.807) is 30.3 Å². The molecule has 7 heteroatoms. The third-order valence-corrected chi connectivity index (χ3v) is 5.83. The highest BCUT2D eigenvalue weighted by Crippen LogP contribution is 2.25. The van der Waals surface area contributed by atoms with Gasteiger partial charge in [0.15, 0.2) is 5.43 Å². The second-order valence-corrected chi connectivity index (χ2v) is 7.74. The molecule has 0 radical (unpaired) electrons. The van der Waals surface area contributed by atoms with Crippen molar-refractivity contribution in [1.82, 2.24) is 15.2 Å². The van der Waals surface area contributed by atoms with E-state index < -0.39 is 0 Å². The number of pyridine rings is 1. The predicted molar refractivity (Wildman–Crippen MR) is 112 cm³/mol. The summed E-state index contributed by atoms with van der Waals surface area (Å²) in [4.78, 5) is 30.6. The Hall–Kier alpha value is -2.70. The molecule has 4 rings (SSSR count). The van der Waals surface area contributed by atoms with Crippen molar-refractivity contribution in [3.8, 4) is 0 Å². The zero-order chi connectivity index (χ0) is 20.5. The lowest BCUT2D eigenvalue weighted by atomic mass is 10.0. The number of aromatic amines is 1. The number of rotatable bonds is 4. The fourth-order valence-electron chi connectivity index (χ4n) is 3.75. The quantitative estimate of drug-likeness (QED) is 0.689. The van der Waals surface area contributed by atoms with Crippen LogP contribution in [0.4, 0.5) is 4.39 Å². The number of hydrogen-bond donors (Lipinski definition) is 2. The molecule has 0 fully saturated rings. The Morgan fingerprint density at radius 3 is 2.86 bits per heavy atom.